The number of hydrogen-bond donors (Lipinski definition) is 1. The van der Waals surface area contributed by atoms with Crippen molar-refractivity contribution in [1.29, 1.82) is 0 Å². The Bertz CT molecular complexity index is 608. The van der Waals surface area contributed by atoms with E-state index in [0.717, 1.165) is 4.90 Å². The Hall–Kier alpha value is -2.09. The summed E-state index contributed by atoms with van der Waals surface area (Å²) in [5, 5.41) is 2.53. The van der Waals surface area contributed by atoms with E-state index < -0.39 is 30.5 Å². The van der Waals surface area contributed by atoms with E-state index in [1.54, 1.807) is 12.1 Å². The van der Waals surface area contributed by atoms with Gasteiger partial charge in [0.15, 0.2) is 6.61 Å². The number of ether oxygens (including phenoxy) is 2. The molecule has 0 radical (unpaired) electrons. The van der Waals surface area contributed by atoms with Crippen LogP contribution in [0.1, 0.15) is 26.7 Å². The van der Waals surface area contributed by atoms with Crippen LogP contribution in [0.15, 0.2) is 29.2 Å². The minimum Gasteiger partial charge on any atom is -0.467 e. The van der Waals surface area contributed by atoms with Gasteiger partial charge in [-0.2, -0.15) is 0 Å². The molecule has 0 aliphatic rings. The topological polar surface area (TPSA) is 81.7 Å². The minimum atomic E-state index is -0.773. The smallest absolute Gasteiger partial charge is 0.328 e. The fourth-order valence-corrected chi connectivity index (χ4v) is 2.85. The van der Waals surface area contributed by atoms with Crippen molar-refractivity contribution in [3.05, 3.63) is 30.1 Å². The Balaban J connectivity index is 2.33. The second-order valence-corrected chi connectivity index (χ2v) is 6.84. The third-order valence-corrected chi connectivity index (χ3v) is 4.75. The molecule has 1 rings (SSSR count). The average molecular weight is 385 g/mol. The summed E-state index contributed by atoms with van der Waals surface area (Å²) in [6.45, 7) is 3.26. The second kappa shape index (κ2) is 11.5. The Morgan fingerprint density at radius 1 is 1.23 bits per heavy atom. The summed E-state index contributed by atoms with van der Waals surface area (Å²) in [5.41, 5.74) is 0. The summed E-state index contributed by atoms with van der Waals surface area (Å²) in [5.74, 6) is -1.58. The SMILES string of the molecule is CC[C@@H](C)[C@@H](NC(=O)COC(=O)CCSc1ccc(F)cc1)C(=O)OC. The highest BCUT2D eigenvalue weighted by molar-refractivity contribution is 7.99. The molecule has 0 heterocycles. The summed E-state index contributed by atoms with van der Waals surface area (Å²) >= 11 is 1.39. The van der Waals surface area contributed by atoms with Gasteiger partial charge in [0.05, 0.1) is 13.5 Å². The molecule has 1 aromatic carbocycles. The fraction of sp³-hybridized carbons (Fsp3) is 0.500. The summed E-state index contributed by atoms with van der Waals surface area (Å²) in [7, 11) is 1.25. The molecule has 0 saturated heterocycles. The first-order chi connectivity index (χ1) is 12.4. The minimum absolute atomic E-state index is 0.103. The first-order valence-corrected chi connectivity index (χ1v) is 9.27. The van der Waals surface area contributed by atoms with Crippen LogP contribution in [0.2, 0.25) is 0 Å². The van der Waals surface area contributed by atoms with Gasteiger partial charge in [-0.15, -0.1) is 11.8 Å². The fourth-order valence-electron chi connectivity index (χ4n) is 2.01. The molecule has 0 unspecified atom stereocenters. The summed E-state index contributed by atoms with van der Waals surface area (Å²) < 4.78 is 22.4. The van der Waals surface area contributed by atoms with Crippen LogP contribution in [-0.4, -0.2) is 43.4 Å². The lowest BCUT2D eigenvalue weighted by molar-refractivity contribution is -0.150. The van der Waals surface area contributed by atoms with Crippen LogP contribution >= 0.6 is 11.8 Å². The molecule has 144 valence electrons. The summed E-state index contributed by atoms with van der Waals surface area (Å²) in [6, 6.07) is 5.17. The zero-order chi connectivity index (χ0) is 19.5. The number of hydrogen-bond acceptors (Lipinski definition) is 6. The van der Waals surface area contributed by atoms with Gasteiger partial charge in [-0.1, -0.05) is 20.3 Å². The number of rotatable bonds is 10. The van der Waals surface area contributed by atoms with E-state index >= 15 is 0 Å². The van der Waals surface area contributed by atoms with Crippen molar-refractivity contribution in [2.24, 2.45) is 5.92 Å². The van der Waals surface area contributed by atoms with Crippen LogP contribution in [0.3, 0.4) is 0 Å². The highest BCUT2D eigenvalue weighted by atomic mass is 32.2. The molecule has 1 N–H and O–H groups in total. The molecular formula is C18H24FNO5S. The summed E-state index contributed by atoms with van der Waals surface area (Å²) in [6.07, 6.45) is 0.793. The van der Waals surface area contributed by atoms with E-state index in [1.165, 1.54) is 31.0 Å². The van der Waals surface area contributed by atoms with E-state index in [2.05, 4.69) is 10.1 Å². The molecule has 0 spiro atoms. The maximum absolute atomic E-state index is 12.8. The molecule has 0 aromatic heterocycles. The van der Waals surface area contributed by atoms with Crippen molar-refractivity contribution in [3.8, 4) is 0 Å². The second-order valence-electron chi connectivity index (χ2n) is 5.67. The molecule has 1 aromatic rings. The highest BCUT2D eigenvalue weighted by Crippen LogP contribution is 2.19. The van der Waals surface area contributed by atoms with Gasteiger partial charge in [-0.3, -0.25) is 9.59 Å². The van der Waals surface area contributed by atoms with Gasteiger partial charge in [0, 0.05) is 10.6 Å². The Morgan fingerprint density at radius 2 is 1.88 bits per heavy atom. The zero-order valence-electron chi connectivity index (χ0n) is 15.1. The van der Waals surface area contributed by atoms with Crippen molar-refractivity contribution in [1.82, 2.24) is 5.32 Å². The lowest BCUT2D eigenvalue weighted by atomic mass is 9.99. The number of amides is 1. The standard InChI is InChI=1S/C18H24FNO5S/c1-4-12(2)17(18(23)24-3)20-15(21)11-25-16(22)9-10-26-14-7-5-13(19)6-8-14/h5-8,12,17H,4,9-11H2,1-3H3,(H,20,21)/t12-,17-/m1/s1. The van der Waals surface area contributed by atoms with Crippen molar-refractivity contribution >= 4 is 29.6 Å². The van der Waals surface area contributed by atoms with Crippen molar-refractivity contribution in [2.75, 3.05) is 19.5 Å². The van der Waals surface area contributed by atoms with Crippen LogP contribution in [0.5, 0.6) is 0 Å². The third-order valence-electron chi connectivity index (χ3n) is 3.74. The van der Waals surface area contributed by atoms with E-state index in [0.29, 0.717) is 12.2 Å². The molecule has 0 aliphatic heterocycles. The van der Waals surface area contributed by atoms with E-state index in [1.807, 2.05) is 13.8 Å². The first-order valence-electron chi connectivity index (χ1n) is 8.28. The third kappa shape index (κ3) is 7.86. The molecule has 0 aliphatic carbocycles. The van der Waals surface area contributed by atoms with E-state index in [9.17, 15) is 18.8 Å². The number of benzene rings is 1. The van der Waals surface area contributed by atoms with E-state index in [-0.39, 0.29) is 18.2 Å². The first kappa shape index (κ1) is 22.0. The molecule has 6 nitrogen and oxygen atoms in total. The van der Waals surface area contributed by atoms with Crippen LogP contribution in [0, 0.1) is 11.7 Å². The van der Waals surface area contributed by atoms with Crippen molar-refractivity contribution in [3.63, 3.8) is 0 Å². The van der Waals surface area contributed by atoms with Gasteiger partial charge in [0.1, 0.15) is 11.9 Å². The van der Waals surface area contributed by atoms with E-state index in [4.69, 9.17) is 4.74 Å². The monoisotopic (exact) mass is 385 g/mol. The largest absolute Gasteiger partial charge is 0.467 e. The molecule has 26 heavy (non-hydrogen) atoms. The number of nitrogens with one attached hydrogen (secondary N) is 1. The van der Waals surface area contributed by atoms with Crippen LogP contribution in [-0.2, 0) is 23.9 Å². The zero-order valence-corrected chi connectivity index (χ0v) is 15.9. The molecule has 8 heteroatoms. The Labute approximate surface area is 156 Å². The molecule has 0 fully saturated rings. The number of thioether (sulfide) groups is 1. The van der Waals surface area contributed by atoms with Crippen LogP contribution in [0.25, 0.3) is 0 Å². The van der Waals surface area contributed by atoms with Crippen LogP contribution in [0.4, 0.5) is 4.39 Å². The number of carbonyl (C=O) groups excluding carboxylic acids is 3. The maximum Gasteiger partial charge on any atom is 0.328 e. The number of carbonyl (C=O) groups is 3. The predicted octanol–water partition coefficient (Wildman–Crippen LogP) is 2.56. The lowest BCUT2D eigenvalue weighted by Gasteiger charge is -2.21. The molecular weight excluding hydrogens is 361 g/mol. The lowest BCUT2D eigenvalue weighted by Crippen LogP contribution is -2.47. The number of esters is 2. The Kier molecular flexibility index (Phi) is 9.72. The molecule has 0 bridgehead atoms. The quantitative estimate of drug-likeness (QED) is 0.492. The predicted molar refractivity (Wildman–Crippen MR) is 96.1 cm³/mol. The van der Waals surface area contributed by atoms with Gasteiger partial charge in [0.2, 0.25) is 0 Å². The van der Waals surface area contributed by atoms with Crippen molar-refractivity contribution < 1.29 is 28.2 Å². The molecule has 2 atom stereocenters. The molecule has 1 amide bonds. The number of methoxy groups -OCH3 is 1. The van der Waals surface area contributed by atoms with Gasteiger partial charge in [-0.25, -0.2) is 9.18 Å². The maximum atomic E-state index is 12.8. The molecule has 0 saturated carbocycles. The van der Waals surface area contributed by atoms with Gasteiger partial charge in [0.25, 0.3) is 5.91 Å². The summed E-state index contributed by atoms with van der Waals surface area (Å²) in [4.78, 5) is 36.1. The highest BCUT2D eigenvalue weighted by Gasteiger charge is 2.26. The Morgan fingerprint density at radius 3 is 2.46 bits per heavy atom. The van der Waals surface area contributed by atoms with Crippen LogP contribution < -0.4 is 5.32 Å². The van der Waals surface area contributed by atoms with Gasteiger partial charge in [-0.05, 0) is 30.2 Å². The van der Waals surface area contributed by atoms with Gasteiger partial charge >= 0.3 is 11.9 Å². The normalized spacial score (nSPS) is 12.8. The van der Waals surface area contributed by atoms with Crippen molar-refractivity contribution in [2.45, 2.75) is 37.6 Å². The van der Waals surface area contributed by atoms with Gasteiger partial charge < -0.3 is 14.8 Å². The number of halogens is 1. The average Bonchev–Trinajstić information content (AvgIpc) is 2.64.